The lowest BCUT2D eigenvalue weighted by atomic mass is 10.1. The maximum Gasteiger partial charge on any atom is 0.326 e. The number of halogens is 2. The van der Waals surface area contributed by atoms with Crippen molar-refractivity contribution in [1.82, 2.24) is 19.6 Å². The Balaban J connectivity index is 1.93. The van der Waals surface area contributed by atoms with Crippen LogP contribution in [0.5, 0.6) is 0 Å². The van der Waals surface area contributed by atoms with Crippen LogP contribution < -0.4 is 0 Å². The van der Waals surface area contributed by atoms with Crippen molar-refractivity contribution in [1.29, 1.82) is 0 Å². The molecule has 34 heavy (non-hydrogen) atoms. The normalized spacial score (nSPS) is 10.9. The molecule has 0 saturated heterocycles. The van der Waals surface area contributed by atoms with Gasteiger partial charge in [-0.3, -0.25) is 34.4 Å². The van der Waals surface area contributed by atoms with Gasteiger partial charge in [0.15, 0.2) is 22.8 Å². The third kappa shape index (κ3) is 3.91. The molecule has 0 unspecified atom stereocenters. The van der Waals surface area contributed by atoms with Crippen molar-refractivity contribution in [3.8, 4) is 22.5 Å². The van der Waals surface area contributed by atoms with Crippen LogP contribution in [-0.2, 0) is 14.1 Å². The Morgan fingerprint density at radius 2 is 1.06 bits per heavy atom. The molecule has 0 amide bonds. The van der Waals surface area contributed by atoms with Crippen molar-refractivity contribution < 1.29 is 14.6 Å². The van der Waals surface area contributed by atoms with E-state index < -0.39 is 38.4 Å². The van der Waals surface area contributed by atoms with Gasteiger partial charge in [-0.2, -0.15) is 10.2 Å². The molecular weight excluding hydrogens is 487 g/mol. The summed E-state index contributed by atoms with van der Waals surface area (Å²) < 4.78 is 2.06. The fourth-order valence-electron chi connectivity index (χ4n) is 3.60. The second-order valence-corrected chi connectivity index (χ2v) is 8.07. The average Bonchev–Trinajstić information content (AvgIpc) is 3.31. The van der Waals surface area contributed by atoms with E-state index in [0.29, 0.717) is 21.2 Å². The fraction of sp³-hybridized carbons (Fsp3) is 0.0952. The lowest BCUT2D eigenvalue weighted by Crippen LogP contribution is -2.15. The number of carbonyl (C=O) groups excluding carboxylic acids is 1. The van der Waals surface area contributed by atoms with Crippen LogP contribution in [0, 0.1) is 20.2 Å². The van der Waals surface area contributed by atoms with E-state index in [1.807, 2.05) is 0 Å². The highest BCUT2D eigenvalue weighted by atomic mass is 35.5. The monoisotopic (exact) mass is 500 g/mol. The van der Waals surface area contributed by atoms with E-state index in [4.69, 9.17) is 23.2 Å². The Morgan fingerprint density at radius 1 is 0.735 bits per heavy atom. The number of rotatable bonds is 6. The summed E-state index contributed by atoms with van der Waals surface area (Å²) in [6.45, 7) is 0. The molecule has 0 aliphatic carbocycles. The molecular formula is C21H14Cl2N6O5. The quantitative estimate of drug-likeness (QED) is 0.209. The highest BCUT2D eigenvalue weighted by Gasteiger charge is 2.39. The highest BCUT2D eigenvalue weighted by Crippen LogP contribution is 2.38. The molecule has 4 aromatic rings. The zero-order valence-electron chi connectivity index (χ0n) is 17.6. The molecule has 0 N–H and O–H groups in total. The smallest absolute Gasteiger partial charge is 0.285 e. The Labute approximate surface area is 201 Å². The van der Waals surface area contributed by atoms with Crippen LogP contribution >= 0.6 is 23.2 Å². The molecule has 4 rings (SSSR count). The maximum atomic E-state index is 13.6. The first-order chi connectivity index (χ1) is 16.1. The fourth-order valence-corrected chi connectivity index (χ4v) is 3.85. The second-order valence-electron chi connectivity index (χ2n) is 7.20. The van der Waals surface area contributed by atoms with Crippen molar-refractivity contribution >= 4 is 40.4 Å². The van der Waals surface area contributed by atoms with Crippen LogP contribution in [-0.4, -0.2) is 35.2 Å². The molecule has 0 saturated carbocycles. The van der Waals surface area contributed by atoms with Crippen molar-refractivity contribution in [3.63, 3.8) is 0 Å². The summed E-state index contributed by atoms with van der Waals surface area (Å²) in [5.74, 6) is -0.969. The summed E-state index contributed by atoms with van der Waals surface area (Å²) in [6.07, 6.45) is 0. The van der Waals surface area contributed by atoms with Gasteiger partial charge in [-0.15, -0.1) is 0 Å². The molecule has 11 nitrogen and oxygen atoms in total. The first kappa shape index (κ1) is 23.1. The Bertz CT molecular complexity index is 1350. The molecule has 0 spiro atoms. The standard InChI is InChI=1S/C21H14Cl2N6O5/c1-26-19(17(28(31)32)15(24-26)11-3-7-13(22)8-4-11)21(30)20-18(29(33)34)16(25-27(20)2)12-5-9-14(23)10-6-12/h3-10H,1-2H3. The lowest BCUT2D eigenvalue weighted by molar-refractivity contribution is -0.384. The number of hydrogen-bond acceptors (Lipinski definition) is 7. The van der Waals surface area contributed by atoms with Gasteiger partial charge < -0.3 is 0 Å². The Hall–Kier alpha value is -4.09. The van der Waals surface area contributed by atoms with Gasteiger partial charge in [0.2, 0.25) is 5.78 Å². The van der Waals surface area contributed by atoms with E-state index in [1.54, 1.807) is 0 Å². The molecule has 13 heteroatoms. The molecule has 0 aliphatic rings. The molecule has 2 aromatic heterocycles. The van der Waals surface area contributed by atoms with Gasteiger partial charge in [0, 0.05) is 35.3 Å². The zero-order valence-corrected chi connectivity index (χ0v) is 19.1. The van der Waals surface area contributed by atoms with E-state index >= 15 is 0 Å². The van der Waals surface area contributed by atoms with E-state index in [2.05, 4.69) is 10.2 Å². The first-order valence-corrected chi connectivity index (χ1v) is 10.3. The summed E-state index contributed by atoms with van der Waals surface area (Å²) in [6, 6.07) is 12.2. The summed E-state index contributed by atoms with van der Waals surface area (Å²) in [5, 5.41) is 33.1. The van der Waals surface area contributed by atoms with Crippen LogP contribution in [0.2, 0.25) is 10.0 Å². The zero-order chi connectivity index (χ0) is 24.7. The van der Waals surface area contributed by atoms with E-state index in [0.717, 1.165) is 9.36 Å². The minimum Gasteiger partial charge on any atom is -0.285 e. The first-order valence-electron chi connectivity index (χ1n) is 9.59. The van der Waals surface area contributed by atoms with Crippen molar-refractivity contribution in [2.24, 2.45) is 14.1 Å². The largest absolute Gasteiger partial charge is 0.326 e. The second kappa shape index (κ2) is 8.69. The Kier molecular flexibility index (Phi) is 5.90. The highest BCUT2D eigenvalue weighted by molar-refractivity contribution is 6.31. The maximum absolute atomic E-state index is 13.6. The number of hydrogen-bond donors (Lipinski definition) is 0. The molecule has 0 aliphatic heterocycles. The summed E-state index contributed by atoms with van der Waals surface area (Å²) in [5.41, 5.74) is -1.46. The molecule has 0 bridgehead atoms. The van der Waals surface area contributed by atoms with Crippen LogP contribution in [0.15, 0.2) is 48.5 Å². The molecule has 0 atom stereocenters. The van der Waals surface area contributed by atoms with Gasteiger partial charge in [0.25, 0.3) is 0 Å². The van der Waals surface area contributed by atoms with Gasteiger partial charge in [0.1, 0.15) is 0 Å². The minimum absolute atomic E-state index is 0.0738. The lowest BCUT2D eigenvalue weighted by Gasteiger charge is -2.02. The van der Waals surface area contributed by atoms with Crippen LogP contribution in [0.1, 0.15) is 16.2 Å². The van der Waals surface area contributed by atoms with Crippen molar-refractivity contribution in [2.45, 2.75) is 0 Å². The topological polar surface area (TPSA) is 139 Å². The van der Waals surface area contributed by atoms with Gasteiger partial charge >= 0.3 is 11.4 Å². The summed E-state index contributed by atoms with van der Waals surface area (Å²) in [7, 11) is 2.70. The SMILES string of the molecule is Cn1nc(-c2ccc(Cl)cc2)c([N+](=O)[O-])c1C(=O)c1c([N+](=O)[O-])c(-c2ccc(Cl)cc2)nn1C. The summed E-state index contributed by atoms with van der Waals surface area (Å²) in [4.78, 5) is 36.1. The van der Waals surface area contributed by atoms with Gasteiger partial charge in [-0.05, 0) is 24.3 Å². The third-order valence-electron chi connectivity index (χ3n) is 5.08. The van der Waals surface area contributed by atoms with Crippen LogP contribution in [0.25, 0.3) is 22.5 Å². The van der Waals surface area contributed by atoms with Gasteiger partial charge in [0.05, 0.1) is 9.85 Å². The number of nitro groups is 2. The Morgan fingerprint density at radius 3 is 1.35 bits per heavy atom. The molecule has 0 fully saturated rings. The number of nitrogens with zero attached hydrogens (tertiary/aromatic N) is 6. The summed E-state index contributed by atoms with van der Waals surface area (Å²) >= 11 is 11.8. The number of ketones is 1. The van der Waals surface area contributed by atoms with Crippen molar-refractivity contribution in [3.05, 3.63) is 90.2 Å². The molecule has 172 valence electrons. The van der Waals surface area contributed by atoms with E-state index in [1.165, 1.54) is 62.6 Å². The predicted octanol–water partition coefficient (Wildman–Crippen LogP) is 4.84. The van der Waals surface area contributed by atoms with Gasteiger partial charge in [-0.25, -0.2) is 0 Å². The van der Waals surface area contributed by atoms with Crippen LogP contribution in [0.3, 0.4) is 0 Å². The number of carbonyl (C=O) groups is 1. The molecule has 0 radical (unpaired) electrons. The predicted molar refractivity (Wildman–Crippen MR) is 124 cm³/mol. The third-order valence-corrected chi connectivity index (χ3v) is 5.58. The van der Waals surface area contributed by atoms with Crippen molar-refractivity contribution in [2.75, 3.05) is 0 Å². The molecule has 2 heterocycles. The van der Waals surface area contributed by atoms with E-state index in [9.17, 15) is 25.0 Å². The minimum atomic E-state index is -0.969. The number of aromatic nitrogens is 4. The van der Waals surface area contributed by atoms with Gasteiger partial charge in [-0.1, -0.05) is 47.5 Å². The average molecular weight is 501 g/mol. The van der Waals surface area contributed by atoms with E-state index in [-0.39, 0.29) is 11.4 Å². The van der Waals surface area contributed by atoms with Crippen LogP contribution in [0.4, 0.5) is 11.4 Å². The number of aryl methyl sites for hydroxylation is 2. The molecule has 2 aromatic carbocycles. The number of benzene rings is 2.